The van der Waals surface area contributed by atoms with Gasteiger partial charge in [-0.05, 0) is 30.3 Å². The first-order chi connectivity index (χ1) is 12.3. The van der Waals surface area contributed by atoms with Gasteiger partial charge in [-0.3, -0.25) is 4.79 Å². The minimum Gasteiger partial charge on any atom is -0.375 e. The number of nitrogens with one attached hydrogen (secondary N) is 2. The number of nitrogens with zero attached hydrogens (tertiary/aromatic N) is 1. The molecule has 0 fully saturated rings. The van der Waals surface area contributed by atoms with Crippen molar-refractivity contribution in [1.29, 1.82) is 5.26 Å². The first kappa shape index (κ1) is 19.9. The van der Waals surface area contributed by atoms with Gasteiger partial charge in [-0.2, -0.15) is 18.4 Å². The molecule has 0 aliphatic carbocycles. The molecule has 2 aromatic carbocycles. The number of amides is 1. The number of nitriles is 1. The molecule has 0 spiro atoms. The Bertz CT molecular complexity index is 837. The molecule has 0 unspecified atom stereocenters. The highest BCUT2D eigenvalue weighted by molar-refractivity contribution is 7.99. The summed E-state index contributed by atoms with van der Waals surface area (Å²) in [5.41, 5.74) is -0.0824. The number of carbonyl (C=O) groups is 1. The predicted octanol–water partition coefficient (Wildman–Crippen LogP) is 5.03. The molecule has 26 heavy (non-hydrogen) atoms. The standard InChI is InChI=1S/C17H13ClF3N3OS/c18-12-9-11(17(19,20)21)5-6-13(12)23-10-16(25)24-14-3-1-2-4-15(14)26-8-7-22/h1-6,9,23H,8,10H2,(H,24,25). The molecule has 1 amide bonds. The van der Waals surface area contributed by atoms with E-state index in [-0.39, 0.29) is 23.0 Å². The molecule has 0 saturated carbocycles. The van der Waals surface area contributed by atoms with Crippen LogP contribution in [0.5, 0.6) is 0 Å². The molecular formula is C17H13ClF3N3OS. The van der Waals surface area contributed by atoms with E-state index in [1.165, 1.54) is 17.8 Å². The number of benzene rings is 2. The average molecular weight is 400 g/mol. The van der Waals surface area contributed by atoms with E-state index in [4.69, 9.17) is 16.9 Å². The van der Waals surface area contributed by atoms with Gasteiger partial charge in [0.25, 0.3) is 0 Å². The lowest BCUT2D eigenvalue weighted by atomic mass is 10.2. The molecule has 2 N–H and O–H groups in total. The summed E-state index contributed by atoms with van der Waals surface area (Å²) in [5, 5.41) is 13.9. The maximum atomic E-state index is 12.6. The topological polar surface area (TPSA) is 64.9 Å². The number of alkyl halides is 3. The number of para-hydroxylation sites is 1. The van der Waals surface area contributed by atoms with Crippen molar-refractivity contribution in [3.63, 3.8) is 0 Å². The molecular weight excluding hydrogens is 387 g/mol. The lowest BCUT2D eigenvalue weighted by Crippen LogP contribution is -2.22. The van der Waals surface area contributed by atoms with Gasteiger partial charge in [0, 0.05) is 4.90 Å². The molecule has 0 saturated heterocycles. The number of anilines is 2. The van der Waals surface area contributed by atoms with Gasteiger partial charge in [0.15, 0.2) is 0 Å². The second-order valence-corrected chi connectivity index (χ2v) is 6.46. The van der Waals surface area contributed by atoms with Gasteiger partial charge in [0.2, 0.25) is 5.91 Å². The molecule has 136 valence electrons. The van der Waals surface area contributed by atoms with Crippen LogP contribution < -0.4 is 10.6 Å². The van der Waals surface area contributed by atoms with Gasteiger partial charge in [0.05, 0.1) is 40.3 Å². The smallest absolute Gasteiger partial charge is 0.375 e. The molecule has 2 rings (SSSR count). The van der Waals surface area contributed by atoms with Crippen molar-refractivity contribution in [2.24, 2.45) is 0 Å². The summed E-state index contributed by atoms with van der Waals surface area (Å²) in [6.07, 6.45) is -4.48. The minimum atomic E-state index is -4.48. The first-order valence-corrected chi connectivity index (χ1v) is 8.67. The average Bonchev–Trinajstić information content (AvgIpc) is 2.59. The van der Waals surface area contributed by atoms with Gasteiger partial charge < -0.3 is 10.6 Å². The Labute approximate surface area is 157 Å². The fourth-order valence-electron chi connectivity index (χ4n) is 2.01. The summed E-state index contributed by atoms with van der Waals surface area (Å²) in [7, 11) is 0. The van der Waals surface area contributed by atoms with Gasteiger partial charge in [0.1, 0.15) is 0 Å². The van der Waals surface area contributed by atoms with E-state index in [9.17, 15) is 18.0 Å². The molecule has 0 heterocycles. The third-order valence-electron chi connectivity index (χ3n) is 3.19. The summed E-state index contributed by atoms with van der Waals surface area (Å²) in [6, 6.07) is 11.9. The van der Waals surface area contributed by atoms with E-state index in [2.05, 4.69) is 10.6 Å². The van der Waals surface area contributed by atoms with Crippen LogP contribution in [-0.2, 0) is 11.0 Å². The van der Waals surface area contributed by atoms with Crippen LogP contribution in [0.25, 0.3) is 0 Å². The van der Waals surface area contributed by atoms with Crippen molar-refractivity contribution in [1.82, 2.24) is 0 Å². The maximum absolute atomic E-state index is 12.6. The van der Waals surface area contributed by atoms with E-state index in [0.717, 1.165) is 17.0 Å². The Hall–Kier alpha value is -2.37. The summed E-state index contributed by atoms with van der Waals surface area (Å²) >= 11 is 7.12. The third kappa shape index (κ3) is 5.58. The lowest BCUT2D eigenvalue weighted by molar-refractivity contribution is -0.137. The second-order valence-electron chi connectivity index (χ2n) is 5.04. The van der Waals surface area contributed by atoms with E-state index in [0.29, 0.717) is 5.69 Å². The van der Waals surface area contributed by atoms with E-state index < -0.39 is 17.6 Å². The number of halogens is 4. The zero-order valence-corrected chi connectivity index (χ0v) is 14.8. The van der Waals surface area contributed by atoms with Crippen molar-refractivity contribution in [3.8, 4) is 6.07 Å². The molecule has 0 aromatic heterocycles. The highest BCUT2D eigenvalue weighted by atomic mass is 35.5. The Morgan fingerprint density at radius 2 is 1.92 bits per heavy atom. The Morgan fingerprint density at radius 1 is 1.19 bits per heavy atom. The highest BCUT2D eigenvalue weighted by Gasteiger charge is 2.30. The second kappa shape index (κ2) is 8.83. The number of hydrogen-bond donors (Lipinski definition) is 2. The van der Waals surface area contributed by atoms with Gasteiger partial charge >= 0.3 is 6.18 Å². The molecule has 0 atom stereocenters. The van der Waals surface area contributed by atoms with Crippen LogP contribution in [0.15, 0.2) is 47.4 Å². The van der Waals surface area contributed by atoms with E-state index in [1.807, 2.05) is 6.07 Å². The monoisotopic (exact) mass is 399 g/mol. The lowest BCUT2D eigenvalue weighted by Gasteiger charge is -2.13. The van der Waals surface area contributed by atoms with Crippen molar-refractivity contribution in [2.45, 2.75) is 11.1 Å². The van der Waals surface area contributed by atoms with Crippen LogP contribution in [0.1, 0.15) is 5.56 Å². The quantitative estimate of drug-likeness (QED) is 0.669. The Morgan fingerprint density at radius 3 is 2.58 bits per heavy atom. The summed E-state index contributed by atoms with van der Waals surface area (Å²) in [4.78, 5) is 12.8. The molecule has 0 bridgehead atoms. The van der Waals surface area contributed by atoms with Crippen molar-refractivity contribution in [2.75, 3.05) is 22.9 Å². The fourth-order valence-corrected chi connectivity index (χ4v) is 2.93. The first-order valence-electron chi connectivity index (χ1n) is 7.30. The van der Waals surface area contributed by atoms with Crippen molar-refractivity contribution in [3.05, 3.63) is 53.1 Å². The summed E-state index contributed by atoms with van der Waals surface area (Å²) in [6.45, 7) is -0.178. The third-order valence-corrected chi connectivity index (χ3v) is 4.44. The maximum Gasteiger partial charge on any atom is 0.416 e. The van der Waals surface area contributed by atoms with Crippen molar-refractivity contribution < 1.29 is 18.0 Å². The number of thioether (sulfide) groups is 1. The van der Waals surface area contributed by atoms with Crippen LogP contribution in [0.4, 0.5) is 24.5 Å². The van der Waals surface area contributed by atoms with Gasteiger partial charge in [-0.15, -0.1) is 11.8 Å². The Balaban J connectivity index is 1.99. The minimum absolute atomic E-state index is 0.127. The van der Waals surface area contributed by atoms with E-state index in [1.54, 1.807) is 24.3 Å². The SMILES string of the molecule is N#CCSc1ccccc1NC(=O)CNc1ccc(C(F)(F)F)cc1Cl. The number of hydrogen-bond acceptors (Lipinski definition) is 4. The van der Waals surface area contributed by atoms with Crippen LogP contribution in [-0.4, -0.2) is 18.2 Å². The molecule has 0 aliphatic rings. The number of rotatable bonds is 6. The van der Waals surface area contributed by atoms with Crippen LogP contribution >= 0.6 is 23.4 Å². The molecule has 9 heteroatoms. The molecule has 2 aromatic rings. The van der Waals surface area contributed by atoms with Crippen molar-refractivity contribution >= 4 is 40.6 Å². The zero-order valence-electron chi connectivity index (χ0n) is 13.2. The normalized spacial score (nSPS) is 10.9. The largest absolute Gasteiger partial charge is 0.416 e. The van der Waals surface area contributed by atoms with Crippen LogP contribution in [0.2, 0.25) is 5.02 Å². The highest BCUT2D eigenvalue weighted by Crippen LogP contribution is 2.33. The zero-order chi connectivity index (χ0) is 19.2. The predicted molar refractivity (Wildman–Crippen MR) is 96.4 cm³/mol. The van der Waals surface area contributed by atoms with Gasteiger partial charge in [-0.1, -0.05) is 23.7 Å². The van der Waals surface area contributed by atoms with Crippen LogP contribution in [0.3, 0.4) is 0 Å². The van der Waals surface area contributed by atoms with Gasteiger partial charge in [-0.25, -0.2) is 0 Å². The summed E-state index contributed by atoms with van der Waals surface area (Å²) in [5.74, 6) is -0.155. The number of carbonyl (C=O) groups excluding carboxylic acids is 1. The molecule has 0 radical (unpaired) electrons. The molecule has 4 nitrogen and oxygen atoms in total. The molecule has 0 aliphatic heterocycles. The van der Waals surface area contributed by atoms with Crippen LogP contribution in [0, 0.1) is 11.3 Å². The fraction of sp³-hybridized carbons (Fsp3) is 0.176. The summed E-state index contributed by atoms with van der Waals surface area (Å²) < 4.78 is 37.9. The van der Waals surface area contributed by atoms with E-state index >= 15 is 0 Å². The Kier molecular flexibility index (Phi) is 6.77.